The molecule has 2 aromatic rings. The third kappa shape index (κ3) is 3.89. The average Bonchev–Trinajstić information content (AvgIpc) is 3.11. The van der Waals surface area contributed by atoms with Gasteiger partial charge in [0.05, 0.1) is 37.4 Å². The number of anilines is 1. The zero-order valence-electron chi connectivity index (χ0n) is 15.7. The summed E-state index contributed by atoms with van der Waals surface area (Å²) >= 11 is 0. The maximum Gasteiger partial charge on any atom is 0.242 e. The highest BCUT2D eigenvalue weighted by Crippen LogP contribution is 2.37. The molecule has 1 unspecified atom stereocenters. The molecule has 144 valence electrons. The van der Waals surface area contributed by atoms with Gasteiger partial charge in [0, 0.05) is 18.7 Å². The van der Waals surface area contributed by atoms with Gasteiger partial charge in [-0.15, -0.1) is 0 Å². The minimum Gasteiger partial charge on any atom is -0.490 e. The number of hydrogen-bond acceptors (Lipinski definition) is 5. The first-order valence-electron chi connectivity index (χ1n) is 9.67. The largest absolute Gasteiger partial charge is 0.490 e. The molecule has 2 aliphatic rings. The van der Waals surface area contributed by atoms with Crippen LogP contribution in [0.3, 0.4) is 0 Å². The molecular formula is C22H23N3O3. The van der Waals surface area contributed by atoms with Gasteiger partial charge in [-0.1, -0.05) is 12.1 Å². The Morgan fingerprint density at radius 3 is 2.86 bits per heavy atom. The molecule has 1 saturated heterocycles. The highest BCUT2D eigenvalue weighted by atomic mass is 16.5. The number of amides is 1. The van der Waals surface area contributed by atoms with E-state index in [1.807, 2.05) is 35.2 Å². The summed E-state index contributed by atoms with van der Waals surface area (Å²) in [6.07, 6.45) is 2.79. The van der Waals surface area contributed by atoms with E-state index in [9.17, 15) is 4.79 Å². The summed E-state index contributed by atoms with van der Waals surface area (Å²) in [6.45, 7) is 2.27. The van der Waals surface area contributed by atoms with Crippen LogP contribution in [-0.2, 0) is 4.79 Å². The van der Waals surface area contributed by atoms with E-state index in [0.29, 0.717) is 18.8 Å². The quantitative estimate of drug-likeness (QED) is 0.883. The Bertz CT molecular complexity index is 906. The molecule has 0 aromatic heterocycles. The normalized spacial score (nSPS) is 18.2. The van der Waals surface area contributed by atoms with Gasteiger partial charge in [-0.2, -0.15) is 5.26 Å². The number of hydrogen-bond donors (Lipinski definition) is 1. The molecule has 0 spiro atoms. The summed E-state index contributed by atoms with van der Waals surface area (Å²) in [6, 6.07) is 15.3. The van der Waals surface area contributed by atoms with Crippen molar-refractivity contribution in [1.82, 2.24) is 4.90 Å². The van der Waals surface area contributed by atoms with Crippen molar-refractivity contribution in [3.63, 3.8) is 0 Å². The Morgan fingerprint density at radius 2 is 2.00 bits per heavy atom. The van der Waals surface area contributed by atoms with Gasteiger partial charge < -0.3 is 19.7 Å². The van der Waals surface area contributed by atoms with Crippen molar-refractivity contribution in [2.75, 3.05) is 31.6 Å². The fourth-order valence-electron chi connectivity index (χ4n) is 3.78. The monoisotopic (exact) mass is 377 g/mol. The van der Waals surface area contributed by atoms with E-state index in [4.69, 9.17) is 14.7 Å². The molecule has 1 atom stereocenters. The van der Waals surface area contributed by atoms with Crippen LogP contribution < -0.4 is 14.8 Å². The molecule has 2 aromatic carbocycles. The third-order valence-electron chi connectivity index (χ3n) is 5.16. The fraction of sp³-hybridized carbons (Fsp3) is 0.364. The number of nitriles is 1. The summed E-state index contributed by atoms with van der Waals surface area (Å²) in [4.78, 5) is 14.8. The molecule has 6 nitrogen and oxygen atoms in total. The third-order valence-corrected chi connectivity index (χ3v) is 5.16. The van der Waals surface area contributed by atoms with Gasteiger partial charge in [0.25, 0.3) is 0 Å². The van der Waals surface area contributed by atoms with E-state index in [1.165, 1.54) is 0 Å². The summed E-state index contributed by atoms with van der Waals surface area (Å²) < 4.78 is 11.5. The first-order valence-corrected chi connectivity index (χ1v) is 9.67. The van der Waals surface area contributed by atoms with Crippen molar-refractivity contribution in [1.29, 1.82) is 5.26 Å². The second-order valence-corrected chi connectivity index (χ2v) is 7.05. The van der Waals surface area contributed by atoms with Gasteiger partial charge in [-0.25, -0.2) is 0 Å². The lowest BCUT2D eigenvalue weighted by Crippen LogP contribution is -2.35. The number of nitrogens with zero attached hydrogens (tertiary/aromatic N) is 2. The molecule has 1 amide bonds. The molecule has 0 aliphatic carbocycles. The number of rotatable bonds is 4. The molecule has 1 fully saturated rings. The number of carbonyl (C=O) groups excluding carboxylic acids is 1. The number of nitrogens with one attached hydrogen (secondary N) is 1. The Morgan fingerprint density at radius 1 is 1.14 bits per heavy atom. The number of carbonyl (C=O) groups is 1. The van der Waals surface area contributed by atoms with E-state index in [2.05, 4.69) is 11.4 Å². The van der Waals surface area contributed by atoms with Crippen LogP contribution in [0.2, 0.25) is 0 Å². The molecule has 0 saturated carbocycles. The van der Waals surface area contributed by atoms with Gasteiger partial charge in [0.1, 0.15) is 0 Å². The molecule has 2 aliphatic heterocycles. The fourth-order valence-corrected chi connectivity index (χ4v) is 3.78. The standard InChI is InChI=1S/C22H23N3O3/c23-14-16-4-1-5-18(12-16)24-15-22(26)25-9-2-6-19(25)17-7-8-20-21(13-17)28-11-3-10-27-20/h1,4-5,7-8,12-13,19,24H,2-3,6,9-11,15H2. The van der Waals surface area contributed by atoms with Gasteiger partial charge >= 0.3 is 0 Å². The Hall–Kier alpha value is -3.20. The highest BCUT2D eigenvalue weighted by molar-refractivity contribution is 5.81. The summed E-state index contributed by atoms with van der Waals surface area (Å²) in [5, 5.41) is 12.1. The van der Waals surface area contributed by atoms with Crippen LogP contribution in [0.5, 0.6) is 11.5 Å². The lowest BCUT2D eigenvalue weighted by atomic mass is 10.0. The Kier molecular flexibility index (Phi) is 5.34. The molecule has 1 N–H and O–H groups in total. The second-order valence-electron chi connectivity index (χ2n) is 7.05. The summed E-state index contributed by atoms with van der Waals surface area (Å²) in [5.41, 5.74) is 2.43. The van der Waals surface area contributed by atoms with Crippen LogP contribution in [0.15, 0.2) is 42.5 Å². The molecular weight excluding hydrogens is 354 g/mol. The molecule has 4 rings (SSSR count). The first-order chi connectivity index (χ1) is 13.7. The van der Waals surface area contributed by atoms with Crippen molar-refractivity contribution < 1.29 is 14.3 Å². The predicted octanol–water partition coefficient (Wildman–Crippen LogP) is 3.50. The predicted molar refractivity (Wildman–Crippen MR) is 105 cm³/mol. The van der Waals surface area contributed by atoms with Crippen LogP contribution in [-0.4, -0.2) is 37.1 Å². The second kappa shape index (κ2) is 8.22. The summed E-state index contributed by atoms with van der Waals surface area (Å²) in [5.74, 6) is 1.59. The molecule has 0 radical (unpaired) electrons. The summed E-state index contributed by atoms with van der Waals surface area (Å²) in [7, 11) is 0. The SMILES string of the molecule is N#Cc1cccc(NCC(=O)N2CCCC2c2ccc3c(c2)OCCCO3)c1. The Balaban J connectivity index is 1.45. The maximum absolute atomic E-state index is 12.8. The lowest BCUT2D eigenvalue weighted by Gasteiger charge is -2.26. The van der Waals surface area contributed by atoms with Gasteiger partial charge in [-0.05, 0) is 48.7 Å². The molecule has 6 heteroatoms. The van der Waals surface area contributed by atoms with Crippen molar-refractivity contribution in [3.05, 3.63) is 53.6 Å². The van der Waals surface area contributed by atoms with Crippen LogP contribution in [0.1, 0.15) is 36.4 Å². The maximum atomic E-state index is 12.8. The topological polar surface area (TPSA) is 74.6 Å². The first kappa shape index (κ1) is 18.2. The molecule has 2 heterocycles. The van der Waals surface area contributed by atoms with E-state index in [-0.39, 0.29) is 18.5 Å². The van der Waals surface area contributed by atoms with Crippen LogP contribution >= 0.6 is 0 Å². The Labute approximate surface area is 164 Å². The van der Waals surface area contributed by atoms with Gasteiger partial charge in [0.2, 0.25) is 5.91 Å². The van der Waals surface area contributed by atoms with Crippen molar-refractivity contribution >= 4 is 11.6 Å². The van der Waals surface area contributed by atoms with E-state index < -0.39 is 0 Å². The van der Waals surface area contributed by atoms with E-state index in [0.717, 1.165) is 48.6 Å². The van der Waals surface area contributed by atoms with Crippen LogP contribution in [0.25, 0.3) is 0 Å². The number of benzene rings is 2. The van der Waals surface area contributed by atoms with Crippen molar-refractivity contribution in [3.8, 4) is 17.6 Å². The van der Waals surface area contributed by atoms with Crippen molar-refractivity contribution in [2.24, 2.45) is 0 Å². The van der Waals surface area contributed by atoms with E-state index in [1.54, 1.807) is 12.1 Å². The number of ether oxygens (including phenoxy) is 2. The van der Waals surface area contributed by atoms with E-state index >= 15 is 0 Å². The van der Waals surface area contributed by atoms with Crippen LogP contribution in [0.4, 0.5) is 5.69 Å². The molecule has 0 bridgehead atoms. The number of fused-ring (bicyclic) bond motifs is 1. The molecule has 28 heavy (non-hydrogen) atoms. The average molecular weight is 377 g/mol. The minimum atomic E-state index is 0.0527. The minimum absolute atomic E-state index is 0.0527. The van der Waals surface area contributed by atoms with Gasteiger partial charge in [-0.3, -0.25) is 4.79 Å². The van der Waals surface area contributed by atoms with Crippen molar-refractivity contribution in [2.45, 2.75) is 25.3 Å². The van der Waals surface area contributed by atoms with Crippen LogP contribution in [0, 0.1) is 11.3 Å². The lowest BCUT2D eigenvalue weighted by molar-refractivity contribution is -0.130. The highest BCUT2D eigenvalue weighted by Gasteiger charge is 2.30. The number of likely N-dealkylation sites (tertiary alicyclic amines) is 1. The van der Waals surface area contributed by atoms with Gasteiger partial charge in [0.15, 0.2) is 11.5 Å². The zero-order chi connectivity index (χ0) is 19.3. The smallest absolute Gasteiger partial charge is 0.242 e. The zero-order valence-corrected chi connectivity index (χ0v) is 15.7.